The number of aryl methyl sites for hydroxylation is 1. The maximum absolute atomic E-state index is 11.6. The molecule has 1 amide bonds. The summed E-state index contributed by atoms with van der Waals surface area (Å²) in [7, 11) is 0. The van der Waals surface area contributed by atoms with Gasteiger partial charge < -0.3 is 10.1 Å². The number of nitrogens with one attached hydrogen (secondary N) is 1. The lowest BCUT2D eigenvalue weighted by Crippen LogP contribution is -2.21. The third-order valence-corrected chi connectivity index (χ3v) is 2.79. The number of hydrogen-bond donors (Lipinski definition) is 1. The number of anilines is 1. The fourth-order valence-corrected chi connectivity index (χ4v) is 1.95. The standard InChI is InChI=1S/C12H12N2O5/c1-2-19-12(16)8-5-7-3-4-10(15)13-11(7)9(6-8)14(17)18/h5-6H,2-4H2,1H3,(H,13,15). The zero-order valence-electron chi connectivity index (χ0n) is 10.3. The number of nitro groups is 1. The Morgan fingerprint density at radius 2 is 2.21 bits per heavy atom. The predicted molar refractivity (Wildman–Crippen MR) is 66.0 cm³/mol. The molecule has 0 radical (unpaired) electrons. The van der Waals surface area contributed by atoms with Crippen LogP contribution in [0.25, 0.3) is 0 Å². The molecule has 0 bridgehead atoms. The Hall–Kier alpha value is -2.44. The van der Waals surface area contributed by atoms with Gasteiger partial charge in [0.15, 0.2) is 0 Å². The number of amides is 1. The van der Waals surface area contributed by atoms with Crippen molar-refractivity contribution >= 4 is 23.3 Å². The number of esters is 1. The lowest BCUT2D eigenvalue weighted by atomic mass is 9.99. The molecule has 7 nitrogen and oxygen atoms in total. The fraction of sp³-hybridized carbons (Fsp3) is 0.333. The second-order valence-corrected chi connectivity index (χ2v) is 4.06. The van der Waals surface area contributed by atoms with Crippen LogP contribution in [0.2, 0.25) is 0 Å². The normalized spacial score (nSPS) is 13.4. The molecule has 0 aliphatic carbocycles. The molecule has 2 rings (SSSR count). The van der Waals surface area contributed by atoms with E-state index < -0.39 is 10.9 Å². The molecule has 7 heteroatoms. The maximum atomic E-state index is 11.6. The van der Waals surface area contributed by atoms with Crippen molar-refractivity contribution in [3.05, 3.63) is 33.4 Å². The molecule has 1 aliphatic heterocycles. The quantitative estimate of drug-likeness (QED) is 0.508. The molecule has 1 aliphatic rings. The predicted octanol–water partition coefficient (Wildman–Crippen LogP) is 1.66. The van der Waals surface area contributed by atoms with E-state index in [-0.39, 0.29) is 35.9 Å². The maximum Gasteiger partial charge on any atom is 0.338 e. The summed E-state index contributed by atoms with van der Waals surface area (Å²) < 4.78 is 4.83. The number of hydrogen-bond acceptors (Lipinski definition) is 5. The molecule has 19 heavy (non-hydrogen) atoms. The van der Waals surface area contributed by atoms with Gasteiger partial charge in [0.05, 0.1) is 17.1 Å². The Morgan fingerprint density at radius 1 is 1.47 bits per heavy atom. The number of carbonyl (C=O) groups is 2. The first-order valence-electron chi connectivity index (χ1n) is 5.81. The number of ether oxygens (including phenoxy) is 1. The largest absolute Gasteiger partial charge is 0.462 e. The van der Waals surface area contributed by atoms with E-state index in [0.717, 1.165) is 6.07 Å². The molecule has 1 aromatic rings. The van der Waals surface area contributed by atoms with Gasteiger partial charge in [-0.25, -0.2) is 4.79 Å². The van der Waals surface area contributed by atoms with E-state index in [9.17, 15) is 19.7 Å². The van der Waals surface area contributed by atoms with Gasteiger partial charge in [-0.05, 0) is 25.0 Å². The van der Waals surface area contributed by atoms with Gasteiger partial charge in [0.2, 0.25) is 5.91 Å². The number of benzene rings is 1. The van der Waals surface area contributed by atoms with E-state index in [1.807, 2.05) is 0 Å². The Labute approximate surface area is 108 Å². The third kappa shape index (κ3) is 2.54. The molecule has 0 saturated heterocycles. The summed E-state index contributed by atoms with van der Waals surface area (Å²) in [5.74, 6) is -0.871. The molecule has 100 valence electrons. The highest BCUT2D eigenvalue weighted by molar-refractivity contribution is 5.99. The summed E-state index contributed by atoms with van der Waals surface area (Å²) in [6.07, 6.45) is 0.617. The molecule has 0 aromatic heterocycles. The SMILES string of the molecule is CCOC(=O)c1cc2c(c([N+](=O)[O-])c1)NC(=O)CC2. The van der Waals surface area contributed by atoms with Crippen molar-refractivity contribution in [2.24, 2.45) is 0 Å². The zero-order chi connectivity index (χ0) is 14.0. The van der Waals surface area contributed by atoms with Crippen molar-refractivity contribution in [2.75, 3.05) is 11.9 Å². The minimum Gasteiger partial charge on any atom is -0.462 e. The van der Waals surface area contributed by atoms with Crippen molar-refractivity contribution in [1.82, 2.24) is 0 Å². The van der Waals surface area contributed by atoms with E-state index in [4.69, 9.17) is 4.74 Å². The van der Waals surface area contributed by atoms with E-state index in [1.54, 1.807) is 6.92 Å². The summed E-state index contributed by atoms with van der Waals surface area (Å²) in [6, 6.07) is 2.65. The Balaban J connectivity index is 2.51. The Kier molecular flexibility index (Phi) is 3.46. The van der Waals surface area contributed by atoms with Gasteiger partial charge in [0, 0.05) is 12.5 Å². The van der Waals surface area contributed by atoms with Crippen LogP contribution < -0.4 is 5.32 Å². The van der Waals surface area contributed by atoms with Crippen LogP contribution in [-0.4, -0.2) is 23.4 Å². The first-order valence-corrected chi connectivity index (χ1v) is 5.81. The number of fused-ring (bicyclic) bond motifs is 1. The van der Waals surface area contributed by atoms with Crippen LogP contribution in [-0.2, 0) is 16.0 Å². The molecule has 1 heterocycles. The second kappa shape index (κ2) is 5.05. The lowest BCUT2D eigenvalue weighted by Gasteiger charge is -2.17. The van der Waals surface area contributed by atoms with Gasteiger partial charge in [0.25, 0.3) is 5.69 Å². The number of nitro benzene ring substituents is 1. The molecule has 1 aromatic carbocycles. The molecule has 0 unspecified atom stereocenters. The van der Waals surface area contributed by atoms with Crippen molar-refractivity contribution in [3.8, 4) is 0 Å². The third-order valence-electron chi connectivity index (χ3n) is 2.79. The molecule has 1 N–H and O–H groups in total. The Morgan fingerprint density at radius 3 is 2.84 bits per heavy atom. The molecule has 0 saturated carbocycles. The zero-order valence-corrected chi connectivity index (χ0v) is 10.3. The highest BCUT2D eigenvalue weighted by Crippen LogP contribution is 2.33. The van der Waals surface area contributed by atoms with Gasteiger partial charge in [-0.15, -0.1) is 0 Å². The highest BCUT2D eigenvalue weighted by atomic mass is 16.6. The summed E-state index contributed by atoms with van der Waals surface area (Å²) in [5.41, 5.74) is 0.600. The fourth-order valence-electron chi connectivity index (χ4n) is 1.95. The van der Waals surface area contributed by atoms with Gasteiger partial charge in [-0.2, -0.15) is 0 Å². The topological polar surface area (TPSA) is 98.5 Å². The first-order chi connectivity index (χ1) is 9.02. The van der Waals surface area contributed by atoms with E-state index in [0.29, 0.717) is 12.0 Å². The highest BCUT2D eigenvalue weighted by Gasteiger charge is 2.26. The van der Waals surface area contributed by atoms with Gasteiger partial charge in [-0.1, -0.05) is 0 Å². The number of carbonyl (C=O) groups excluding carboxylic acids is 2. The summed E-state index contributed by atoms with van der Waals surface area (Å²) in [4.78, 5) is 33.3. The molecular weight excluding hydrogens is 252 g/mol. The van der Waals surface area contributed by atoms with Gasteiger partial charge in [-0.3, -0.25) is 14.9 Å². The summed E-state index contributed by atoms with van der Waals surface area (Å²) >= 11 is 0. The monoisotopic (exact) mass is 264 g/mol. The lowest BCUT2D eigenvalue weighted by molar-refractivity contribution is -0.384. The van der Waals surface area contributed by atoms with E-state index >= 15 is 0 Å². The average Bonchev–Trinajstić information content (AvgIpc) is 2.37. The van der Waals surface area contributed by atoms with Crippen LogP contribution >= 0.6 is 0 Å². The summed E-state index contributed by atoms with van der Waals surface area (Å²) in [5, 5.41) is 13.5. The second-order valence-electron chi connectivity index (χ2n) is 4.06. The minimum absolute atomic E-state index is 0.128. The van der Waals surface area contributed by atoms with Crippen molar-refractivity contribution in [3.63, 3.8) is 0 Å². The van der Waals surface area contributed by atoms with Crippen LogP contribution in [0.1, 0.15) is 29.3 Å². The molecular formula is C12H12N2O5. The smallest absolute Gasteiger partial charge is 0.338 e. The van der Waals surface area contributed by atoms with Gasteiger partial charge >= 0.3 is 5.97 Å². The van der Waals surface area contributed by atoms with E-state index in [1.165, 1.54) is 6.07 Å². The summed E-state index contributed by atoms with van der Waals surface area (Å²) in [6.45, 7) is 1.85. The van der Waals surface area contributed by atoms with Crippen molar-refractivity contribution in [1.29, 1.82) is 0 Å². The number of nitrogens with zero attached hydrogens (tertiary/aromatic N) is 1. The Bertz CT molecular complexity index is 567. The van der Waals surface area contributed by atoms with Crippen LogP contribution in [0.15, 0.2) is 12.1 Å². The minimum atomic E-state index is -0.618. The van der Waals surface area contributed by atoms with Crippen molar-refractivity contribution < 1.29 is 19.2 Å². The van der Waals surface area contributed by atoms with Gasteiger partial charge in [0.1, 0.15) is 5.69 Å². The van der Waals surface area contributed by atoms with E-state index in [2.05, 4.69) is 5.32 Å². The van der Waals surface area contributed by atoms with Crippen LogP contribution in [0.4, 0.5) is 11.4 Å². The van der Waals surface area contributed by atoms with Crippen molar-refractivity contribution in [2.45, 2.75) is 19.8 Å². The molecule has 0 spiro atoms. The van der Waals surface area contributed by atoms with Crippen LogP contribution in [0.3, 0.4) is 0 Å². The average molecular weight is 264 g/mol. The molecule has 0 fully saturated rings. The number of rotatable bonds is 3. The van der Waals surface area contributed by atoms with Crippen LogP contribution in [0.5, 0.6) is 0 Å². The molecule has 0 atom stereocenters. The van der Waals surface area contributed by atoms with Crippen LogP contribution in [0, 0.1) is 10.1 Å². The first kappa shape index (κ1) is 13.0.